The Hall–Kier alpha value is -1.69. The van der Waals surface area contributed by atoms with Crippen LogP contribution in [0.25, 0.3) is 11.4 Å². The van der Waals surface area contributed by atoms with Crippen molar-refractivity contribution in [1.82, 2.24) is 10.1 Å². The standard InChI is InChI=1S/C9H5BrN2O3/c10-5-1-2-6(11-4-5)7-3-8(9(13)14)15-12-7/h1-4H,(H,13,14). The summed E-state index contributed by atoms with van der Waals surface area (Å²) in [5, 5.41) is 12.2. The summed E-state index contributed by atoms with van der Waals surface area (Å²) in [7, 11) is 0. The van der Waals surface area contributed by atoms with Crippen molar-refractivity contribution in [3.8, 4) is 11.4 Å². The van der Waals surface area contributed by atoms with Crippen molar-refractivity contribution >= 4 is 21.9 Å². The number of halogens is 1. The Morgan fingerprint density at radius 2 is 2.20 bits per heavy atom. The summed E-state index contributed by atoms with van der Waals surface area (Å²) >= 11 is 3.25. The molecule has 6 heteroatoms. The maximum atomic E-state index is 10.5. The first-order valence-electron chi connectivity index (χ1n) is 3.99. The zero-order valence-electron chi connectivity index (χ0n) is 7.35. The van der Waals surface area contributed by atoms with Crippen molar-refractivity contribution in [3.63, 3.8) is 0 Å². The van der Waals surface area contributed by atoms with Crippen LogP contribution in [0.4, 0.5) is 0 Å². The van der Waals surface area contributed by atoms with Gasteiger partial charge in [0.2, 0.25) is 5.76 Å². The minimum atomic E-state index is -1.15. The van der Waals surface area contributed by atoms with Crippen LogP contribution >= 0.6 is 15.9 Å². The predicted molar refractivity (Wildman–Crippen MR) is 54.4 cm³/mol. The third-order valence-corrected chi connectivity index (χ3v) is 2.18. The number of aromatic nitrogens is 2. The molecule has 0 radical (unpaired) electrons. The number of carboxylic acids is 1. The predicted octanol–water partition coefficient (Wildman–Crippen LogP) is 2.20. The molecule has 0 amide bonds. The minimum absolute atomic E-state index is 0.199. The third kappa shape index (κ3) is 2.04. The molecule has 0 aliphatic carbocycles. The molecule has 0 bridgehead atoms. The van der Waals surface area contributed by atoms with Crippen molar-refractivity contribution in [1.29, 1.82) is 0 Å². The molecule has 0 saturated carbocycles. The van der Waals surface area contributed by atoms with Crippen LogP contribution in [-0.2, 0) is 0 Å². The normalized spacial score (nSPS) is 10.2. The molecule has 0 aliphatic rings. The number of carboxylic acid groups (broad SMARTS) is 1. The molecular formula is C9H5BrN2O3. The van der Waals surface area contributed by atoms with Gasteiger partial charge >= 0.3 is 5.97 Å². The summed E-state index contributed by atoms with van der Waals surface area (Å²) in [6.07, 6.45) is 1.60. The molecule has 1 N–H and O–H groups in total. The smallest absolute Gasteiger partial charge is 0.374 e. The van der Waals surface area contributed by atoms with E-state index in [0.29, 0.717) is 11.4 Å². The van der Waals surface area contributed by atoms with Crippen LogP contribution in [0, 0.1) is 0 Å². The maximum Gasteiger partial charge on any atom is 0.374 e. The van der Waals surface area contributed by atoms with Crippen molar-refractivity contribution in [2.45, 2.75) is 0 Å². The Labute approximate surface area is 92.9 Å². The molecule has 5 nitrogen and oxygen atoms in total. The molecule has 0 atom stereocenters. The molecule has 2 rings (SSSR count). The maximum absolute atomic E-state index is 10.5. The highest BCUT2D eigenvalue weighted by Crippen LogP contribution is 2.18. The third-order valence-electron chi connectivity index (χ3n) is 1.71. The average Bonchev–Trinajstić information content (AvgIpc) is 2.68. The fourth-order valence-electron chi connectivity index (χ4n) is 1.02. The van der Waals surface area contributed by atoms with E-state index in [1.165, 1.54) is 6.07 Å². The molecular weight excluding hydrogens is 264 g/mol. The SMILES string of the molecule is O=C(O)c1cc(-c2ccc(Br)cn2)no1. The van der Waals surface area contributed by atoms with Gasteiger partial charge < -0.3 is 9.63 Å². The van der Waals surface area contributed by atoms with Gasteiger partial charge in [-0.1, -0.05) is 5.16 Å². The first kappa shape index (κ1) is 9.85. The number of hydrogen-bond donors (Lipinski definition) is 1. The number of pyridine rings is 1. The lowest BCUT2D eigenvalue weighted by atomic mass is 10.2. The van der Waals surface area contributed by atoms with Crippen molar-refractivity contribution in [3.05, 3.63) is 34.6 Å². The van der Waals surface area contributed by atoms with Crippen LogP contribution in [-0.4, -0.2) is 21.2 Å². The van der Waals surface area contributed by atoms with Crippen molar-refractivity contribution in [2.75, 3.05) is 0 Å². The van der Waals surface area contributed by atoms with E-state index in [1.54, 1.807) is 18.3 Å². The molecule has 0 aromatic carbocycles. The summed E-state index contributed by atoms with van der Waals surface area (Å²) in [6, 6.07) is 4.84. The van der Waals surface area contributed by atoms with Gasteiger partial charge in [-0.05, 0) is 28.1 Å². The van der Waals surface area contributed by atoms with E-state index in [1.807, 2.05) is 0 Å². The molecule has 15 heavy (non-hydrogen) atoms. The second-order valence-electron chi connectivity index (χ2n) is 2.74. The fraction of sp³-hybridized carbons (Fsp3) is 0. The van der Waals surface area contributed by atoms with Gasteiger partial charge in [0.25, 0.3) is 0 Å². The first-order valence-corrected chi connectivity index (χ1v) is 4.78. The van der Waals surface area contributed by atoms with Gasteiger partial charge in [0.05, 0.1) is 5.69 Å². The Bertz CT molecular complexity index is 492. The molecule has 2 aromatic heterocycles. The van der Waals surface area contributed by atoms with E-state index >= 15 is 0 Å². The lowest BCUT2D eigenvalue weighted by molar-refractivity contribution is 0.0652. The van der Waals surface area contributed by atoms with E-state index in [9.17, 15) is 4.79 Å². The fourth-order valence-corrected chi connectivity index (χ4v) is 1.26. The molecule has 0 fully saturated rings. The number of carbonyl (C=O) groups is 1. The molecule has 76 valence electrons. The first-order chi connectivity index (χ1) is 7.16. The zero-order valence-corrected chi connectivity index (χ0v) is 8.93. The second-order valence-corrected chi connectivity index (χ2v) is 3.66. The van der Waals surface area contributed by atoms with E-state index < -0.39 is 5.97 Å². The quantitative estimate of drug-likeness (QED) is 0.904. The average molecular weight is 269 g/mol. The molecule has 0 saturated heterocycles. The minimum Gasteiger partial charge on any atom is -0.475 e. The van der Waals surface area contributed by atoms with E-state index in [0.717, 1.165) is 4.47 Å². The highest BCUT2D eigenvalue weighted by molar-refractivity contribution is 9.10. The van der Waals surface area contributed by atoms with E-state index in [4.69, 9.17) is 5.11 Å². The monoisotopic (exact) mass is 268 g/mol. The van der Waals surface area contributed by atoms with Gasteiger partial charge in [0.1, 0.15) is 5.69 Å². The number of rotatable bonds is 2. The summed E-state index contributed by atoms with van der Waals surface area (Å²) in [5.74, 6) is -1.35. The Balaban J connectivity index is 2.37. The van der Waals surface area contributed by atoms with Crippen molar-refractivity contribution < 1.29 is 14.4 Å². The van der Waals surface area contributed by atoms with Gasteiger partial charge in [-0.25, -0.2) is 4.79 Å². The van der Waals surface area contributed by atoms with Crippen LogP contribution in [0.2, 0.25) is 0 Å². The van der Waals surface area contributed by atoms with Crippen LogP contribution < -0.4 is 0 Å². The van der Waals surface area contributed by atoms with Crippen LogP contribution in [0.3, 0.4) is 0 Å². The molecule has 0 spiro atoms. The molecule has 0 unspecified atom stereocenters. The number of aromatic carboxylic acids is 1. The van der Waals surface area contributed by atoms with Crippen LogP contribution in [0.1, 0.15) is 10.6 Å². The van der Waals surface area contributed by atoms with Crippen molar-refractivity contribution in [2.24, 2.45) is 0 Å². The van der Waals surface area contributed by atoms with Gasteiger partial charge in [0.15, 0.2) is 0 Å². The molecule has 0 aliphatic heterocycles. The van der Waals surface area contributed by atoms with Gasteiger partial charge in [-0.3, -0.25) is 4.98 Å². The Morgan fingerprint density at radius 1 is 1.40 bits per heavy atom. The Morgan fingerprint density at radius 3 is 2.73 bits per heavy atom. The lowest BCUT2D eigenvalue weighted by Crippen LogP contribution is -1.91. The number of hydrogen-bond acceptors (Lipinski definition) is 4. The van der Waals surface area contributed by atoms with E-state index in [-0.39, 0.29) is 5.76 Å². The van der Waals surface area contributed by atoms with Crippen LogP contribution in [0.15, 0.2) is 33.4 Å². The van der Waals surface area contributed by atoms with Gasteiger partial charge in [0, 0.05) is 16.7 Å². The molecule has 2 heterocycles. The topological polar surface area (TPSA) is 76.2 Å². The zero-order chi connectivity index (χ0) is 10.8. The van der Waals surface area contributed by atoms with Gasteiger partial charge in [-0.2, -0.15) is 0 Å². The molecule has 2 aromatic rings. The second kappa shape index (κ2) is 3.82. The highest BCUT2D eigenvalue weighted by Gasteiger charge is 2.12. The summed E-state index contributed by atoms with van der Waals surface area (Å²) in [5.41, 5.74) is 0.967. The largest absolute Gasteiger partial charge is 0.475 e. The van der Waals surface area contributed by atoms with E-state index in [2.05, 4.69) is 30.6 Å². The van der Waals surface area contributed by atoms with Crippen LogP contribution in [0.5, 0.6) is 0 Å². The highest BCUT2D eigenvalue weighted by atomic mass is 79.9. The summed E-state index contributed by atoms with van der Waals surface area (Å²) in [6.45, 7) is 0. The number of nitrogens with zero attached hydrogens (tertiary/aromatic N) is 2. The summed E-state index contributed by atoms with van der Waals surface area (Å²) in [4.78, 5) is 14.6. The summed E-state index contributed by atoms with van der Waals surface area (Å²) < 4.78 is 5.45. The van der Waals surface area contributed by atoms with Gasteiger partial charge in [-0.15, -0.1) is 0 Å². The lowest BCUT2D eigenvalue weighted by Gasteiger charge is -1.93. The Kier molecular flexibility index (Phi) is 2.51.